The van der Waals surface area contributed by atoms with Crippen LogP contribution >= 0.6 is 28.3 Å². The zero-order valence-electron chi connectivity index (χ0n) is 8.57. The standard InChI is InChI=1S/C10H11BrFNO2.ClH/c1-15-10(14)5-9(13)6-2-3-7(11)8(12)4-6;/h2-4,9H,5,13H2,1H3;1H/t9-;/m1./s1. The molecule has 0 amide bonds. The first-order valence-corrected chi connectivity index (χ1v) is 5.11. The van der Waals surface area contributed by atoms with Gasteiger partial charge in [-0.3, -0.25) is 4.79 Å². The van der Waals surface area contributed by atoms with E-state index in [0.717, 1.165) is 0 Å². The topological polar surface area (TPSA) is 52.3 Å². The minimum atomic E-state index is -0.542. The van der Waals surface area contributed by atoms with Crippen molar-refractivity contribution in [2.75, 3.05) is 7.11 Å². The molecule has 0 aliphatic rings. The van der Waals surface area contributed by atoms with Crippen LogP contribution in [-0.4, -0.2) is 13.1 Å². The summed E-state index contributed by atoms with van der Waals surface area (Å²) in [5, 5.41) is 0. The molecule has 0 aromatic heterocycles. The molecule has 0 unspecified atom stereocenters. The summed E-state index contributed by atoms with van der Waals surface area (Å²) in [4.78, 5) is 10.9. The van der Waals surface area contributed by atoms with Crippen LogP contribution in [0.25, 0.3) is 0 Å². The molecule has 0 radical (unpaired) electrons. The van der Waals surface area contributed by atoms with Crippen molar-refractivity contribution in [2.45, 2.75) is 12.5 Å². The molecule has 0 fully saturated rings. The molecule has 0 saturated carbocycles. The van der Waals surface area contributed by atoms with E-state index in [1.54, 1.807) is 12.1 Å². The van der Waals surface area contributed by atoms with Gasteiger partial charge in [-0.25, -0.2) is 4.39 Å². The van der Waals surface area contributed by atoms with Crippen molar-refractivity contribution in [3.05, 3.63) is 34.1 Å². The first-order chi connectivity index (χ1) is 7.04. The van der Waals surface area contributed by atoms with Gasteiger partial charge in [-0.1, -0.05) is 6.07 Å². The third-order valence-electron chi connectivity index (χ3n) is 1.99. The lowest BCUT2D eigenvalue weighted by Gasteiger charge is -2.10. The third-order valence-corrected chi connectivity index (χ3v) is 2.63. The summed E-state index contributed by atoms with van der Waals surface area (Å²) in [7, 11) is 1.29. The average molecular weight is 313 g/mol. The zero-order valence-corrected chi connectivity index (χ0v) is 11.0. The average Bonchev–Trinajstić information content (AvgIpc) is 2.21. The molecule has 3 nitrogen and oxygen atoms in total. The maximum Gasteiger partial charge on any atom is 0.307 e. The molecule has 2 N–H and O–H groups in total. The summed E-state index contributed by atoms with van der Waals surface area (Å²) >= 11 is 3.04. The van der Waals surface area contributed by atoms with Crippen LogP contribution in [0.2, 0.25) is 0 Å². The number of benzene rings is 1. The van der Waals surface area contributed by atoms with Crippen molar-refractivity contribution in [1.82, 2.24) is 0 Å². The number of ether oxygens (including phenoxy) is 1. The lowest BCUT2D eigenvalue weighted by atomic mass is 10.1. The summed E-state index contributed by atoms with van der Waals surface area (Å²) < 4.78 is 18.0. The van der Waals surface area contributed by atoms with Gasteiger partial charge >= 0.3 is 5.97 Å². The van der Waals surface area contributed by atoms with Crippen molar-refractivity contribution in [3.63, 3.8) is 0 Å². The Balaban J connectivity index is 0.00000225. The summed E-state index contributed by atoms with van der Waals surface area (Å²) in [5.74, 6) is -0.807. The molecule has 1 rings (SSSR count). The molecule has 1 aromatic rings. The second-order valence-corrected chi connectivity index (χ2v) is 3.91. The number of esters is 1. The molecule has 90 valence electrons. The Kier molecular flexibility index (Phi) is 6.55. The van der Waals surface area contributed by atoms with Gasteiger partial charge in [-0.2, -0.15) is 0 Å². The van der Waals surface area contributed by atoms with Gasteiger partial charge in [0.25, 0.3) is 0 Å². The summed E-state index contributed by atoms with van der Waals surface area (Å²) in [6.45, 7) is 0. The maximum absolute atomic E-state index is 13.1. The van der Waals surface area contributed by atoms with Crippen LogP contribution in [0.3, 0.4) is 0 Å². The van der Waals surface area contributed by atoms with E-state index in [2.05, 4.69) is 20.7 Å². The van der Waals surface area contributed by atoms with E-state index in [-0.39, 0.29) is 18.8 Å². The zero-order chi connectivity index (χ0) is 11.4. The first kappa shape index (κ1) is 15.3. The van der Waals surface area contributed by atoms with Gasteiger partial charge in [-0.05, 0) is 33.6 Å². The number of hydrogen-bond donors (Lipinski definition) is 1. The summed E-state index contributed by atoms with van der Waals surface area (Å²) in [5.41, 5.74) is 6.28. The molecule has 0 heterocycles. The van der Waals surface area contributed by atoms with Crippen LogP contribution in [0.1, 0.15) is 18.0 Å². The van der Waals surface area contributed by atoms with E-state index < -0.39 is 17.8 Å². The minimum absolute atomic E-state index is 0. The smallest absolute Gasteiger partial charge is 0.307 e. The number of methoxy groups -OCH3 is 1. The maximum atomic E-state index is 13.1. The van der Waals surface area contributed by atoms with E-state index >= 15 is 0 Å². The van der Waals surface area contributed by atoms with Crippen LogP contribution in [0.15, 0.2) is 22.7 Å². The van der Waals surface area contributed by atoms with Gasteiger partial charge in [0.2, 0.25) is 0 Å². The summed E-state index contributed by atoms with van der Waals surface area (Å²) in [6.07, 6.45) is 0.0393. The number of hydrogen-bond acceptors (Lipinski definition) is 3. The van der Waals surface area contributed by atoms with Crippen molar-refractivity contribution >= 4 is 34.3 Å². The fourth-order valence-electron chi connectivity index (χ4n) is 1.12. The van der Waals surface area contributed by atoms with Gasteiger partial charge in [0.05, 0.1) is 18.0 Å². The van der Waals surface area contributed by atoms with Crippen LogP contribution in [-0.2, 0) is 9.53 Å². The monoisotopic (exact) mass is 311 g/mol. The van der Waals surface area contributed by atoms with Crippen molar-refractivity contribution in [1.29, 1.82) is 0 Å². The number of carbonyl (C=O) groups excluding carboxylic acids is 1. The molecule has 0 bridgehead atoms. The number of rotatable bonds is 3. The lowest BCUT2D eigenvalue weighted by Crippen LogP contribution is -2.16. The highest BCUT2D eigenvalue weighted by Gasteiger charge is 2.13. The third kappa shape index (κ3) is 4.08. The molecule has 16 heavy (non-hydrogen) atoms. The Morgan fingerprint density at radius 2 is 2.25 bits per heavy atom. The van der Waals surface area contributed by atoms with E-state index in [1.807, 2.05) is 0 Å². The van der Waals surface area contributed by atoms with Crippen molar-refractivity contribution in [2.24, 2.45) is 5.73 Å². The molecule has 0 spiro atoms. The predicted molar refractivity (Wildman–Crippen MR) is 64.9 cm³/mol. The Morgan fingerprint density at radius 3 is 2.75 bits per heavy atom. The Bertz CT molecular complexity index is 376. The Hall–Kier alpha value is -0.650. The van der Waals surface area contributed by atoms with E-state index in [0.29, 0.717) is 10.0 Å². The molecule has 1 aromatic carbocycles. The molecular formula is C10H12BrClFNO2. The SMILES string of the molecule is COC(=O)C[C@@H](N)c1ccc(Br)c(F)c1.Cl. The van der Waals surface area contributed by atoms with Gasteiger partial charge in [0.1, 0.15) is 5.82 Å². The second kappa shape index (κ2) is 6.83. The Morgan fingerprint density at radius 1 is 1.62 bits per heavy atom. The van der Waals surface area contributed by atoms with Crippen molar-refractivity contribution in [3.8, 4) is 0 Å². The number of halogens is 3. The van der Waals surface area contributed by atoms with Gasteiger partial charge in [-0.15, -0.1) is 12.4 Å². The first-order valence-electron chi connectivity index (χ1n) is 4.32. The van der Waals surface area contributed by atoms with E-state index in [9.17, 15) is 9.18 Å². The number of carbonyl (C=O) groups is 1. The highest BCUT2D eigenvalue weighted by atomic mass is 79.9. The number of nitrogens with two attached hydrogens (primary N) is 1. The quantitative estimate of drug-likeness (QED) is 0.873. The van der Waals surface area contributed by atoms with Crippen LogP contribution in [0.5, 0.6) is 0 Å². The fraction of sp³-hybridized carbons (Fsp3) is 0.300. The molecule has 0 aliphatic heterocycles. The normalized spacial score (nSPS) is 11.5. The highest BCUT2D eigenvalue weighted by molar-refractivity contribution is 9.10. The highest BCUT2D eigenvalue weighted by Crippen LogP contribution is 2.21. The second-order valence-electron chi connectivity index (χ2n) is 3.06. The van der Waals surface area contributed by atoms with E-state index in [1.165, 1.54) is 13.2 Å². The molecule has 0 aliphatic carbocycles. The van der Waals surface area contributed by atoms with Crippen LogP contribution < -0.4 is 5.73 Å². The summed E-state index contributed by atoms with van der Waals surface area (Å²) in [6, 6.07) is 3.99. The van der Waals surface area contributed by atoms with Gasteiger partial charge in [0, 0.05) is 6.04 Å². The van der Waals surface area contributed by atoms with Gasteiger partial charge in [0.15, 0.2) is 0 Å². The molecule has 1 atom stereocenters. The van der Waals surface area contributed by atoms with Crippen molar-refractivity contribution < 1.29 is 13.9 Å². The van der Waals surface area contributed by atoms with Gasteiger partial charge < -0.3 is 10.5 Å². The molecule has 6 heteroatoms. The Labute approximate surface area is 108 Å². The molecule has 0 saturated heterocycles. The largest absolute Gasteiger partial charge is 0.469 e. The van der Waals surface area contributed by atoms with E-state index in [4.69, 9.17) is 5.73 Å². The molecular weight excluding hydrogens is 300 g/mol. The van der Waals surface area contributed by atoms with Crippen LogP contribution in [0.4, 0.5) is 4.39 Å². The fourth-order valence-corrected chi connectivity index (χ4v) is 1.37. The predicted octanol–water partition coefficient (Wildman–Crippen LogP) is 2.57. The minimum Gasteiger partial charge on any atom is -0.469 e. The van der Waals surface area contributed by atoms with Crippen LogP contribution in [0, 0.1) is 5.82 Å². The lowest BCUT2D eigenvalue weighted by molar-refractivity contribution is -0.141.